The molecule has 0 N–H and O–H groups in total. The Bertz CT molecular complexity index is 6110. The van der Waals surface area contributed by atoms with Crippen molar-refractivity contribution in [2.24, 2.45) is 0 Å². The van der Waals surface area contributed by atoms with Gasteiger partial charge in [-0.25, -0.2) is 0 Å². The summed E-state index contributed by atoms with van der Waals surface area (Å²) >= 11 is 1.84. The van der Waals surface area contributed by atoms with E-state index in [-0.39, 0.29) is 23.0 Å². The number of nitrogens with zero attached hydrogens (tertiary/aromatic N) is 2. The lowest BCUT2D eigenvalue weighted by Crippen LogP contribution is -2.59. The first-order valence-electron chi connectivity index (χ1n) is 34.1. The van der Waals surface area contributed by atoms with Gasteiger partial charge in [-0.1, -0.05) is 196 Å². The molecule has 19 rings (SSSR count). The summed E-state index contributed by atoms with van der Waals surface area (Å²) in [6.07, 6.45) is 0. The second-order valence-electron chi connectivity index (χ2n) is 30.0. The van der Waals surface area contributed by atoms with Crippen molar-refractivity contribution in [1.82, 2.24) is 0 Å². The lowest BCUT2D eigenvalue weighted by molar-refractivity contribution is 0.488. The zero-order chi connectivity index (χ0) is 66.3. The average molecular weight is 1290 g/mol. The van der Waals surface area contributed by atoms with Crippen LogP contribution in [0.4, 0.5) is 34.1 Å². The van der Waals surface area contributed by atoms with Gasteiger partial charge in [0.1, 0.15) is 45.0 Å². The second kappa shape index (κ2) is 21.2. The van der Waals surface area contributed by atoms with Crippen LogP contribution >= 0.6 is 11.3 Å². The minimum absolute atomic E-state index is 0.0206. The van der Waals surface area contributed by atoms with E-state index in [1.54, 1.807) is 0 Å². The minimum atomic E-state index is -0.214. The summed E-state index contributed by atoms with van der Waals surface area (Å²) in [5.41, 5.74) is 25.2. The number of fused-ring (bicyclic) bond motifs is 18. The van der Waals surface area contributed by atoms with E-state index < -0.39 is 0 Å². The van der Waals surface area contributed by atoms with E-state index in [2.05, 4.69) is 297 Å². The molecule has 2 aliphatic rings. The zero-order valence-electron chi connectivity index (χ0n) is 56.3. The Morgan fingerprint density at radius 1 is 0.327 bits per heavy atom. The molecule has 0 fully saturated rings. The molecule has 98 heavy (non-hydrogen) atoms. The van der Waals surface area contributed by atoms with Crippen LogP contribution in [0, 0.1) is 0 Å². The fraction of sp³-hybridized carbons (Fsp3) is 0.133. The molecule has 6 heterocycles. The predicted molar refractivity (Wildman–Crippen MR) is 414 cm³/mol. The maximum absolute atomic E-state index is 7.63. The number of benzene rings is 13. The molecule has 0 saturated carbocycles. The van der Waals surface area contributed by atoms with E-state index in [1.165, 1.54) is 42.3 Å². The molecule has 13 aromatic carbocycles. The highest BCUT2D eigenvalue weighted by Gasteiger charge is 2.44. The van der Waals surface area contributed by atoms with Crippen LogP contribution in [0.25, 0.3) is 119 Å². The van der Waals surface area contributed by atoms with Gasteiger partial charge in [-0.15, -0.1) is 11.3 Å². The van der Waals surface area contributed by atoms with Crippen LogP contribution in [0.2, 0.25) is 0 Å². The quantitative estimate of drug-likeness (QED) is 0.148. The lowest BCUT2D eigenvalue weighted by Gasteiger charge is -2.42. The van der Waals surface area contributed by atoms with Gasteiger partial charge in [0.2, 0.25) is 0 Å². The number of furan rings is 3. The molecule has 0 amide bonds. The topological polar surface area (TPSA) is 55.1 Å². The molecule has 0 radical (unpaired) electrons. The van der Waals surface area contributed by atoms with Crippen molar-refractivity contribution in [3.05, 3.63) is 271 Å². The Morgan fingerprint density at radius 3 is 1.50 bits per heavy atom. The van der Waals surface area contributed by atoms with Crippen molar-refractivity contribution in [2.45, 2.75) is 78.6 Å². The largest absolute Gasteiger partial charge is 0.458 e. The first-order valence-corrected chi connectivity index (χ1v) is 34.9. The fourth-order valence-corrected chi connectivity index (χ4v) is 16.9. The summed E-state index contributed by atoms with van der Waals surface area (Å²) in [6.45, 7) is 20.4. The maximum Gasteiger partial charge on any atom is 0.256 e. The summed E-state index contributed by atoms with van der Waals surface area (Å²) in [5.74, 6) is 1.64. The number of hydrogen-bond acceptors (Lipinski definition) is 7. The van der Waals surface area contributed by atoms with Crippen molar-refractivity contribution in [2.75, 3.05) is 9.80 Å². The highest BCUT2D eigenvalue weighted by Crippen LogP contribution is 2.51. The molecule has 0 aliphatic carbocycles. The van der Waals surface area contributed by atoms with E-state index in [4.69, 9.17) is 18.0 Å². The monoisotopic (exact) mass is 1280 g/mol. The molecule has 17 aromatic rings. The van der Waals surface area contributed by atoms with E-state index in [9.17, 15) is 0 Å². The van der Waals surface area contributed by atoms with Crippen molar-refractivity contribution in [3.8, 4) is 44.9 Å². The highest BCUT2D eigenvalue weighted by molar-refractivity contribution is 7.26. The van der Waals surface area contributed by atoms with Gasteiger partial charge in [0.15, 0.2) is 0 Å². The number of rotatable bonds is 7. The van der Waals surface area contributed by atoms with Crippen LogP contribution in [0.3, 0.4) is 0 Å². The van der Waals surface area contributed by atoms with E-state index in [1.807, 2.05) is 41.7 Å². The SMILES string of the molecule is CC(C)(C)c1ccc(N(c2ccc(C(C)(C)C)cc2)c2ccc3c(c2)N(c2ccc(C(C)(C)C)cc2-c2ccccc2)c2cc(-c4ccc5c(c4)sc4ccc6oc7ccccc7c6c45)cc4c2B3c2ccc(-c3ccc5c(c3)oc3ccc6oc7ccccc7c6c35)cc2O4)cc1. The highest BCUT2D eigenvalue weighted by atomic mass is 32.1. The molecule has 6 nitrogen and oxygen atoms in total. The first-order chi connectivity index (χ1) is 47.4. The first kappa shape index (κ1) is 58.3. The Morgan fingerprint density at radius 2 is 0.847 bits per heavy atom. The van der Waals surface area contributed by atoms with Crippen molar-refractivity contribution >= 4 is 155 Å². The standard InChI is InChI=1S/C90H69BN2O4S/c1-88(2,3)57-26-31-60(32-27-57)92(61-33-28-58(29-34-61)89(4,5)6)62-35-39-68-71(51-62)93(70-40-30-59(90(7,8)9)50-67(70)52-17-11-10-12-18-52)72-45-56(55-24-37-66-82(49-55)98-81-44-43-77-85(86(66)81)64-20-14-16-22-74(64)95-77)48-80-87(72)91(68)69-38-25-54(47-79(69)97-80)53-23-36-65-78(46-53)96-76-42-41-75-83(84(65)76)63-19-13-15-21-73(63)94-75/h10-51H,1-9H3. The van der Waals surface area contributed by atoms with E-state index in [0.717, 1.165) is 156 Å². The minimum Gasteiger partial charge on any atom is -0.458 e. The molecule has 472 valence electrons. The third-order valence-electron chi connectivity index (χ3n) is 20.8. The van der Waals surface area contributed by atoms with E-state index >= 15 is 0 Å². The smallest absolute Gasteiger partial charge is 0.256 e. The molecule has 0 spiro atoms. The van der Waals surface area contributed by atoms with Crippen molar-refractivity contribution in [3.63, 3.8) is 0 Å². The van der Waals surface area contributed by atoms with Crippen LogP contribution in [0.15, 0.2) is 268 Å². The van der Waals surface area contributed by atoms with Gasteiger partial charge in [-0.05, 0) is 198 Å². The Balaban J connectivity index is 0.851. The number of para-hydroxylation sites is 2. The van der Waals surface area contributed by atoms with Gasteiger partial charge in [0, 0.05) is 86.5 Å². The van der Waals surface area contributed by atoms with Crippen molar-refractivity contribution < 1.29 is 18.0 Å². The predicted octanol–water partition coefficient (Wildman–Crippen LogP) is 24.5. The molecule has 8 heteroatoms. The molecular formula is C90H69BN2O4S. The van der Waals surface area contributed by atoms with Crippen LogP contribution in [-0.4, -0.2) is 6.71 Å². The molecule has 0 unspecified atom stereocenters. The normalized spacial score (nSPS) is 13.2. The van der Waals surface area contributed by atoms with Gasteiger partial charge in [0.05, 0.1) is 5.69 Å². The van der Waals surface area contributed by atoms with Gasteiger partial charge >= 0.3 is 0 Å². The van der Waals surface area contributed by atoms with Crippen LogP contribution in [0.5, 0.6) is 11.5 Å². The second-order valence-corrected chi connectivity index (χ2v) is 31.1. The van der Waals surface area contributed by atoms with Crippen LogP contribution in [0.1, 0.15) is 79.0 Å². The van der Waals surface area contributed by atoms with Crippen molar-refractivity contribution in [1.29, 1.82) is 0 Å². The zero-order valence-corrected chi connectivity index (χ0v) is 57.1. The van der Waals surface area contributed by atoms with E-state index in [0.29, 0.717) is 0 Å². The number of ether oxygens (including phenoxy) is 1. The van der Waals surface area contributed by atoms with Crippen LogP contribution < -0.4 is 30.9 Å². The van der Waals surface area contributed by atoms with Crippen LogP contribution in [-0.2, 0) is 16.2 Å². The number of thiophene rings is 1. The number of anilines is 6. The Hall–Kier alpha value is -11.1. The third-order valence-corrected chi connectivity index (χ3v) is 21.9. The lowest BCUT2D eigenvalue weighted by atomic mass is 9.34. The van der Waals surface area contributed by atoms with Gasteiger partial charge < -0.3 is 27.8 Å². The van der Waals surface area contributed by atoms with Gasteiger partial charge in [-0.3, -0.25) is 0 Å². The fourth-order valence-electron chi connectivity index (χ4n) is 15.7. The molecule has 4 aromatic heterocycles. The summed E-state index contributed by atoms with van der Waals surface area (Å²) in [7, 11) is 0. The Labute approximate surface area is 573 Å². The van der Waals surface area contributed by atoms with Gasteiger partial charge in [-0.2, -0.15) is 0 Å². The molecular weight excluding hydrogens is 1220 g/mol. The summed E-state index contributed by atoms with van der Waals surface area (Å²) in [5, 5.41) is 9.02. The molecule has 0 atom stereocenters. The third kappa shape index (κ3) is 9.14. The molecule has 0 saturated heterocycles. The van der Waals surface area contributed by atoms with Gasteiger partial charge in [0.25, 0.3) is 6.71 Å². The summed E-state index contributed by atoms with van der Waals surface area (Å²) in [6, 6.07) is 94.1. The maximum atomic E-state index is 7.63. The average Bonchev–Trinajstić information content (AvgIpc) is 0.819. The molecule has 2 aliphatic heterocycles. The molecule has 0 bridgehead atoms. The summed E-state index contributed by atoms with van der Waals surface area (Å²) < 4.78 is 29.7. The Kier molecular flexibility index (Phi) is 12.6. The number of hydrogen-bond donors (Lipinski definition) is 0. The summed E-state index contributed by atoms with van der Waals surface area (Å²) in [4.78, 5) is 5.01.